The number of benzene rings is 2. The van der Waals surface area contributed by atoms with Crippen LogP contribution < -0.4 is 14.8 Å². The molecule has 2 heterocycles. The molecule has 1 atom stereocenters. The molecule has 36 heavy (non-hydrogen) atoms. The molecule has 0 aliphatic carbocycles. The van der Waals surface area contributed by atoms with Crippen molar-refractivity contribution in [3.63, 3.8) is 0 Å². The van der Waals surface area contributed by atoms with Gasteiger partial charge >= 0.3 is 5.97 Å². The number of thioether (sulfide) groups is 1. The van der Waals surface area contributed by atoms with Gasteiger partial charge < -0.3 is 19.5 Å². The average Bonchev–Trinajstić information content (AvgIpc) is 3.25. The third kappa shape index (κ3) is 5.35. The minimum atomic E-state index is -0.583. The Balaban J connectivity index is 1.79. The minimum Gasteiger partial charge on any atom is -0.490 e. The van der Waals surface area contributed by atoms with Gasteiger partial charge in [0, 0.05) is 16.3 Å². The van der Waals surface area contributed by atoms with Crippen LogP contribution in [-0.4, -0.2) is 40.2 Å². The van der Waals surface area contributed by atoms with Gasteiger partial charge in [0.2, 0.25) is 11.1 Å². The maximum atomic E-state index is 12.9. The third-order valence-electron chi connectivity index (χ3n) is 5.49. The first-order valence-corrected chi connectivity index (χ1v) is 13.5. The molecular formula is C25H26BrClN4O4S. The predicted octanol–water partition coefficient (Wildman–Crippen LogP) is 6.25. The first-order chi connectivity index (χ1) is 17.4. The Kier molecular flexibility index (Phi) is 8.48. The first-order valence-electron chi connectivity index (χ1n) is 11.4. The fourth-order valence-electron chi connectivity index (χ4n) is 3.92. The van der Waals surface area contributed by atoms with E-state index in [0.29, 0.717) is 50.0 Å². The van der Waals surface area contributed by atoms with E-state index in [9.17, 15) is 4.79 Å². The lowest BCUT2D eigenvalue weighted by Crippen LogP contribution is -2.29. The molecule has 0 radical (unpaired) electrons. The van der Waals surface area contributed by atoms with Gasteiger partial charge in [-0.15, -0.1) is 5.10 Å². The van der Waals surface area contributed by atoms with Gasteiger partial charge in [-0.3, -0.25) is 0 Å². The van der Waals surface area contributed by atoms with Gasteiger partial charge in [0.05, 0.1) is 23.8 Å². The number of hydrogen-bond donors (Lipinski definition) is 1. The largest absolute Gasteiger partial charge is 0.490 e. The summed E-state index contributed by atoms with van der Waals surface area (Å²) in [4.78, 5) is 17.5. The van der Waals surface area contributed by atoms with E-state index >= 15 is 0 Å². The number of aromatic nitrogens is 3. The molecule has 0 fully saturated rings. The summed E-state index contributed by atoms with van der Waals surface area (Å²) < 4.78 is 19.6. The van der Waals surface area contributed by atoms with Gasteiger partial charge in [-0.25, -0.2) is 9.48 Å². The zero-order chi connectivity index (χ0) is 25.8. The summed E-state index contributed by atoms with van der Waals surface area (Å²) in [5.41, 5.74) is 2.70. The van der Waals surface area contributed by atoms with Crippen molar-refractivity contribution < 1.29 is 19.0 Å². The minimum absolute atomic E-state index is 0.266. The Bertz CT molecular complexity index is 1310. The topological polar surface area (TPSA) is 87.5 Å². The Morgan fingerprint density at radius 2 is 2.03 bits per heavy atom. The van der Waals surface area contributed by atoms with Crippen molar-refractivity contribution >= 4 is 51.2 Å². The van der Waals surface area contributed by atoms with Gasteiger partial charge in [-0.1, -0.05) is 48.5 Å². The summed E-state index contributed by atoms with van der Waals surface area (Å²) in [6.45, 7) is 6.45. The number of methoxy groups -OCH3 is 1. The van der Waals surface area contributed by atoms with Crippen LogP contribution in [0.1, 0.15) is 37.9 Å². The van der Waals surface area contributed by atoms with Crippen LogP contribution in [0.4, 0.5) is 5.95 Å². The number of halogens is 2. The van der Waals surface area contributed by atoms with Gasteiger partial charge in [0.15, 0.2) is 11.5 Å². The molecule has 1 aliphatic heterocycles. The second-order valence-corrected chi connectivity index (χ2v) is 10.3. The van der Waals surface area contributed by atoms with Crippen LogP contribution in [0.25, 0.3) is 0 Å². The number of anilines is 1. The number of nitrogens with one attached hydrogen (secondary N) is 1. The molecule has 0 bridgehead atoms. The van der Waals surface area contributed by atoms with Gasteiger partial charge in [-0.05, 0) is 59.3 Å². The molecule has 11 heteroatoms. The molecule has 1 unspecified atom stereocenters. The molecule has 190 valence electrons. The van der Waals surface area contributed by atoms with Gasteiger partial charge in [0.25, 0.3) is 0 Å². The van der Waals surface area contributed by atoms with Crippen LogP contribution in [0, 0.1) is 0 Å². The van der Waals surface area contributed by atoms with Crippen molar-refractivity contribution in [2.75, 3.05) is 24.8 Å². The summed E-state index contributed by atoms with van der Waals surface area (Å²) in [6.07, 6.45) is 0. The van der Waals surface area contributed by atoms with Crippen molar-refractivity contribution in [1.82, 2.24) is 14.8 Å². The molecule has 0 amide bonds. The summed E-state index contributed by atoms with van der Waals surface area (Å²) in [5, 5.41) is 9.11. The van der Waals surface area contributed by atoms with Crippen molar-refractivity contribution in [1.29, 1.82) is 0 Å². The highest BCUT2D eigenvalue weighted by molar-refractivity contribution is 9.10. The lowest BCUT2D eigenvalue weighted by Gasteiger charge is -2.28. The highest BCUT2D eigenvalue weighted by atomic mass is 79.9. The molecule has 0 saturated carbocycles. The third-order valence-corrected chi connectivity index (χ3v) is 7.17. The van der Waals surface area contributed by atoms with E-state index in [0.717, 1.165) is 16.9 Å². The Hall–Kier alpha value is -2.69. The Morgan fingerprint density at radius 1 is 1.25 bits per heavy atom. The van der Waals surface area contributed by atoms with Crippen molar-refractivity contribution in [3.05, 3.63) is 68.3 Å². The lowest BCUT2D eigenvalue weighted by molar-refractivity contribution is -0.136. The van der Waals surface area contributed by atoms with E-state index in [1.807, 2.05) is 57.2 Å². The normalized spacial score (nSPS) is 14.8. The van der Waals surface area contributed by atoms with Crippen molar-refractivity contribution in [2.24, 2.45) is 0 Å². The average molecular weight is 594 g/mol. The maximum Gasteiger partial charge on any atom is 0.338 e. The SMILES string of the molecule is CCOc1cc(C2C(C(=O)OC)=C(C)Nc3nc(SCC)nn32)cc(Br)c1OCc1ccccc1Cl. The summed E-state index contributed by atoms with van der Waals surface area (Å²) in [6, 6.07) is 10.7. The molecule has 2 aromatic carbocycles. The van der Waals surface area contributed by atoms with Crippen LogP contribution in [0.5, 0.6) is 11.5 Å². The van der Waals surface area contributed by atoms with Crippen LogP contribution in [0.15, 0.2) is 57.3 Å². The smallest absolute Gasteiger partial charge is 0.338 e. The standard InChI is InChI=1S/C25H26BrClN4O4S/c1-5-34-19-12-16(11-17(26)22(19)35-13-15-9-7-8-10-18(15)27)21-20(23(32)33-4)14(3)28-24-29-25(36-6-2)30-31(21)24/h7-12,21H,5-6,13H2,1-4H3,(H,28,29,30). The number of allylic oxidation sites excluding steroid dienone is 1. The molecule has 4 rings (SSSR count). The Labute approximate surface area is 227 Å². The quantitative estimate of drug-likeness (QED) is 0.230. The summed E-state index contributed by atoms with van der Waals surface area (Å²) >= 11 is 11.5. The fraction of sp³-hybridized carbons (Fsp3) is 0.320. The zero-order valence-corrected chi connectivity index (χ0v) is 23.5. The summed E-state index contributed by atoms with van der Waals surface area (Å²) in [7, 11) is 1.36. The molecule has 0 spiro atoms. The van der Waals surface area contributed by atoms with E-state index in [1.54, 1.807) is 4.68 Å². The molecule has 3 aromatic rings. The number of nitrogens with zero attached hydrogens (tertiary/aromatic N) is 3. The lowest BCUT2D eigenvalue weighted by atomic mass is 9.95. The van der Waals surface area contributed by atoms with Crippen LogP contribution >= 0.6 is 39.3 Å². The van der Waals surface area contributed by atoms with E-state index in [2.05, 4.69) is 31.3 Å². The van der Waals surface area contributed by atoms with E-state index < -0.39 is 12.0 Å². The number of carbonyl (C=O) groups excluding carboxylic acids is 1. The molecular weight excluding hydrogens is 568 g/mol. The second kappa shape index (κ2) is 11.6. The second-order valence-electron chi connectivity index (χ2n) is 7.80. The first kappa shape index (κ1) is 26.4. The van der Waals surface area contributed by atoms with Crippen LogP contribution in [0.3, 0.4) is 0 Å². The van der Waals surface area contributed by atoms with Gasteiger partial charge in [0.1, 0.15) is 12.6 Å². The zero-order valence-electron chi connectivity index (χ0n) is 20.3. The van der Waals surface area contributed by atoms with Crippen molar-refractivity contribution in [3.8, 4) is 11.5 Å². The molecule has 1 aromatic heterocycles. The predicted molar refractivity (Wildman–Crippen MR) is 144 cm³/mol. The highest BCUT2D eigenvalue weighted by Gasteiger charge is 2.36. The summed E-state index contributed by atoms with van der Waals surface area (Å²) in [5.74, 6) is 1.98. The van der Waals surface area contributed by atoms with Crippen LogP contribution in [0.2, 0.25) is 5.02 Å². The molecule has 0 saturated heterocycles. The molecule has 1 aliphatic rings. The monoisotopic (exact) mass is 592 g/mol. The number of ether oxygens (including phenoxy) is 3. The van der Waals surface area contributed by atoms with E-state index in [1.165, 1.54) is 18.9 Å². The van der Waals surface area contributed by atoms with Gasteiger partial charge in [-0.2, -0.15) is 4.98 Å². The number of rotatable bonds is 9. The van der Waals surface area contributed by atoms with E-state index in [4.69, 9.17) is 25.8 Å². The fourth-order valence-corrected chi connectivity index (χ4v) is 5.24. The van der Waals surface area contributed by atoms with Crippen molar-refractivity contribution in [2.45, 2.75) is 38.6 Å². The number of fused-ring (bicyclic) bond motifs is 1. The number of carbonyl (C=O) groups is 1. The Morgan fingerprint density at radius 3 is 2.72 bits per heavy atom. The number of hydrogen-bond acceptors (Lipinski definition) is 8. The van der Waals surface area contributed by atoms with Crippen LogP contribution in [-0.2, 0) is 16.1 Å². The number of esters is 1. The molecule has 1 N–H and O–H groups in total. The van der Waals surface area contributed by atoms with E-state index in [-0.39, 0.29) is 6.61 Å². The highest BCUT2D eigenvalue weighted by Crippen LogP contribution is 2.43. The molecule has 8 nitrogen and oxygen atoms in total. The maximum absolute atomic E-state index is 12.9.